The highest BCUT2D eigenvalue weighted by Gasteiger charge is 2.40. The summed E-state index contributed by atoms with van der Waals surface area (Å²) >= 11 is 0. The van der Waals surface area contributed by atoms with Crippen LogP contribution < -0.4 is 0 Å². The smallest absolute Gasteiger partial charge is 0.308 e. The third-order valence-electron chi connectivity index (χ3n) is 6.69. The standard InChI is InChI=1S/C23H34O5/c1-4-14(2)23(26)28-20-7-5-6-16-9-8-15(3)19(22(16)20)11-10-18-12-17(24)13-21(25)27-18/h6,8-9,14-15,17-20,22,24H,4-5,7,10-13H2,1-3H3/t14-,15-,17-,18+,19-,20+,22+/m0/s1. The van der Waals surface area contributed by atoms with Crippen molar-refractivity contribution in [1.29, 1.82) is 0 Å². The first-order valence-electron chi connectivity index (χ1n) is 10.8. The van der Waals surface area contributed by atoms with Gasteiger partial charge in [0, 0.05) is 12.3 Å². The van der Waals surface area contributed by atoms with E-state index in [2.05, 4.69) is 25.2 Å². The number of allylic oxidation sites excluding steroid dienone is 3. The predicted octanol–water partition coefficient (Wildman–Crippen LogP) is 3.95. The van der Waals surface area contributed by atoms with Gasteiger partial charge in [-0.2, -0.15) is 0 Å². The zero-order chi connectivity index (χ0) is 20.3. The molecule has 156 valence electrons. The van der Waals surface area contributed by atoms with Gasteiger partial charge < -0.3 is 14.6 Å². The predicted molar refractivity (Wildman–Crippen MR) is 106 cm³/mol. The molecule has 1 aliphatic heterocycles. The highest BCUT2D eigenvalue weighted by molar-refractivity contribution is 5.72. The minimum atomic E-state index is -0.593. The number of aliphatic hydroxyl groups is 1. The number of ether oxygens (including phenoxy) is 2. The molecule has 0 aromatic rings. The van der Waals surface area contributed by atoms with E-state index in [1.807, 2.05) is 13.8 Å². The van der Waals surface area contributed by atoms with E-state index in [0.717, 1.165) is 32.1 Å². The Morgan fingerprint density at radius 1 is 1.39 bits per heavy atom. The maximum absolute atomic E-state index is 12.4. The van der Waals surface area contributed by atoms with Crippen LogP contribution in [0.25, 0.3) is 0 Å². The minimum absolute atomic E-state index is 0.0764. The average Bonchev–Trinajstić information content (AvgIpc) is 2.66. The SMILES string of the molecule is CC[C@H](C)C(=O)O[C@@H]1CCC=C2C=C[C@H](C)[C@H](CC[C@@H]3C[C@H](O)CC(=O)O3)[C@@H]21. The molecule has 7 atom stereocenters. The molecule has 0 radical (unpaired) electrons. The van der Waals surface area contributed by atoms with Gasteiger partial charge in [-0.15, -0.1) is 0 Å². The molecule has 0 saturated carbocycles. The summed E-state index contributed by atoms with van der Waals surface area (Å²) in [7, 11) is 0. The molecule has 0 unspecified atom stereocenters. The van der Waals surface area contributed by atoms with E-state index in [1.165, 1.54) is 5.57 Å². The van der Waals surface area contributed by atoms with Gasteiger partial charge in [-0.1, -0.05) is 39.0 Å². The second-order valence-corrected chi connectivity index (χ2v) is 8.76. The van der Waals surface area contributed by atoms with Gasteiger partial charge >= 0.3 is 11.9 Å². The highest BCUT2D eigenvalue weighted by Crippen LogP contribution is 2.44. The van der Waals surface area contributed by atoms with Crippen molar-refractivity contribution in [3.05, 3.63) is 23.8 Å². The summed E-state index contributed by atoms with van der Waals surface area (Å²) in [5.41, 5.74) is 1.27. The molecule has 1 N–H and O–H groups in total. The Hall–Kier alpha value is -1.62. The van der Waals surface area contributed by atoms with Crippen molar-refractivity contribution in [2.24, 2.45) is 23.7 Å². The summed E-state index contributed by atoms with van der Waals surface area (Å²) in [4.78, 5) is 24.1. The monoisotopic (exact) mass is 390 g/mol. The van der Waals surface area contributed by atoms with Crippen molar-refractivity contribution < 1.29 is 24.2 Å². The molecular weight excluding hydrogens is 356 g/mol. The lowest BCUT2D eigenvalue weighted by Crippen LogP contribution is -2.40. The van der Waals surface area contributed by atoms with Gasteiger partial charge in [0.25, 0.3) is 0 Å². The molecule has 2 aliphatic carbocycles. The number of carbonyl (C=O) groups excluding carboxylic acids is 2. The fraction of sp³-hybridized carbons (Fsp3) is 0.739. The van der Waals surface area contributed by atoms with Crippen LogP contribution in [0.3, 0.4) is 0 Å². The molecular formula is C23H34O5. The van der Waals surface area contributed by atoms with Crippen molar-refractivity contribution in [2.45, 2.75) is 84.0 Å². The molecule has 0 aromatic carbocycles. The zero-order valence-corrected chi connectivity index (χ0v) is 17.3. The molecule has 3 rings (SSSR count). The normalized spacial score (nSPS) is 36.1. The lowest BCUT2D eigenvalue weighted by Gasteiger charge is -2.42. The summed E-state index contributed by atoms with van der Waals surface area (Å²) < 4.78 is 11.4. The van der Waals surface area contributed by atoms with E-state index in [0.29, 0.717) is 18.3 Å². The van der Waals surface area contributed by atoms with E-state index in [-0.39, 0.29) is 42.4 Å². The van der Waals surface area contributed by atoms with Crippen LogP contribution >= 0.6 is 0 Å². The summed E-state index contributed by atoms with van der Waals surface area (Å²) in [5, 5.41) is 9.86. The summed E-state index contributed by atoms with van der Waals surface area (Å²) in [6.07, 6.45) is 10.6. The van der Waals surface area contributed by atoms with Gasteiger partial charge in [-0.25, -0.2) is 0 Å². The minimum Gasteiger partial charge on any atom is -0.462 e. The lowest BCUT2D eigenvalue weighted by molar-refractivity contribution is -0.162. The summed E-state index contributed by atoms with van der Waals surface area (Å²) in [5.74, 6) is 0.426. The molecule has 0 spiro atoms. The molecule has 5 nitrogen and oxygen atoms in total. The molecule has 1 heterocycles. The van der Waals surface area contributed by atoms with Gasteiger partial charge in [-0.3, -0.25) is 9.59 Å². The second kappa shape index (κ2) is 9.25. The van der Waals surface area contributed by atoms with E-state index < -0.39 is 6.10 Å². The van der Waals surface area contributed by atoms with Crippen LogP contribution in [0.4, 0.5) is 0 Å². The van der Waals surface area contributed by atoms with Gasteiger partial charge in [0.15, 0.2) is 0 Å². The quantitative estimate of drug-likeness (QED) is 0.695. The fourth-order valence-electron chi connectivity index (χ4n) is 4.80. The number of rotatable bonds is 6. The van der Waals surface area contributed by atoms with Crippen LogP contribution in [0.2, 0.25) is 0 Å². The first-order valence-corrected chi connectivity index (χ1v) is 10.8. The van der Waals surface area contributed by atoms with E-state index in [4.69, 9.17) is 9.47 Å². The molecule has 5 heteroatoms. The Morgan fingerprint density at radius 2 is 2.18 bits per heavy atom. The van der Waals surface area contributed by atoms with Crippen LogP contribution in [-0.4, -0.2) is 35.4 Å². The largest absolute Gasteiger partial charge is 0.462 e. The fourth-order valence-corrected chi connectivity index (χ4v) is 4.80. The Labute approximate surface area is 168 Å². The van der Waals surface area contributed by atoms with Gasteiger partial charge in [0.2, 0.25) is 0 Å². The number of carbonyl (C=O) groups is 2. The van der Waals surface area contributed by atoms with Crippen molar-refractivity contribution in [2.75, 3.05) is 0 Å². The van der Waals surface area contributed by atoms with Crippen LogP contribution in [-0.2, 0) is 19.1 Å². The molecule has 0 bridgehead atoms. The van der Waals surface area contributed by atoms with Crippen molar-refractivity contribution >= 4 is 11.9 Å². The zero-order valence-electron chi connectivity index (χ0n) is 17.3. The van der Waals surface area contributed by atoms with Crippen molar-refractivity contribution in [3.63, 3.8) is 0 Å². The van der Waals surface area contributed by atoms with Crippen LogP contribution in [0, 0.1) is 23.7 Å². The maximum atomic E-state index is 12.4. The number of esters is 2. The van der Waals surface area contributed by atoms with E-state index >= 15 is 0 Å². The van der Waals surface area contributed by atoms with Gasteiger partial charge in [-0.05, 0) is 49.5 Å². The van der Waals surface area contributed by atoms with Crippen molar-refractivity contribution in [1.82, 2.24) is 0 Å². The second-order valence-electron chi connectivity index (χ2n) is 8.76. The average molecular weight is 391 g/mol. The molecule has 28 heavy (non-hydrogen) atoms. The lowest BCUT2D eigenvalue weighted by atomic mass is 9.66. The van der Waals surface area contributed by atoms with Crippen LogP contribution in [0.15, 0.2) is 23.8 Å². The molecule has 1 saturated heterocycles. The maximum Gasteiger partial charge on any atom is 0.308 e. The number of hydrogen-bond donors (Lipinski definition) is 1. The molecule has 3 aliphatic rings. The number of cyclic esters (lactones) is 1. The van der Waals surface area contributed by atoms with E-state index in [9.17, 15) is 14.7 Å². The number of hydrogen-bond acceptors (Lipinski definition) is 5. The van der Waals surface area contributed by atoms with Crippen molar-refractivity contribution in [3.8, 4) is 0 Å². The topological polar surface area (TPSA) is 72.8 Å². The first kappa shape index (κ1) is 21.1. The number of fused-ring (bicyclic) bond motifs is 1. The molecule has 1 fully saturated rings. The third-order valence-corrected chi connectivity index (χ3v) is 6.69. The van der Waals surface area contributed by atoms with Crippen LogP contribution in [0.1, 0.15) is 65.7 Å². The number of aliphatic hydroxyl groups excluding tert-OH is 1. The Bertz CT molecular complexity index is 637. The summed E-state index contributed by atoms with van der Waals surface area (Å²) in [6.45, 7) is 6.14. The van der Waals surface area contributed by atoms with Gasteiger partial charge in [0.05, 0.1) is 18.4 Å². The van der Waals surface area contributed by atoms with Crippen LogP contribution in [0.5, 0.6) is 0 Å². The van der Waals surface area contributed by atoms with Gasteiger partial charge in [0.1, 0.15) is 12.2 Å². The Kier molecular flexibility index (Phi) is 6.97. The Morgan fingerprint density at radius 3 is 2.89 bits per heavy atom. The molecule has 0 aromatic heterocycles. The summed E-state index contributed by atoms with van der Waals surface area (Å²) in [6, 6.07) is 0. The van der Waals surface area contributed by atoms with E-state index in [1.54, 1.807) is 0 Å². The first-order chi connectivity index (χ1) is 13.4. The highest BCUT2D eigenvalue weighted by atomic mass is 16.5. The Balaban J connectivity index is 1.70. The third kappa shape index (κ3) is 4.86. The molecule has 0 amide bonds.